The fraction of sp³-hybridized carbons (Fsp3) is 0.650. The van der Waals surface area contributed by atoms with E-state index in [0.717, 1.165) is 43.8 Å². The van der Waals surface area contributed by atoms with Gasteiger partial charge in [0, 0.05) is 37.3 Å². The molecule has 0 aromatic heterocycles. The molecule has 2 heterocycles. The number of carbonyl (C=O) groups excluding carboxylic acids is 1. The highest BCUT2D eigenvalue weighted by Crippen LogP contribution is 2.39. The van der Waals surface area contributed by atoms with Crippen molar-refractivity contribution >= 4 is 5.91 Å². The molecule has 138 valence electrons. The zero-order chi connectivity index (χ0) is 18.0. The lowest BCUT2D eigenvalue weighted by atomic mass is 9.74. The first kappa shape index (κ1) is 18.1. The minimum atomic E-state index is -0.0548. The number of fused-ring (bicyclic) bond motifs is 1. The van der Waals surface area contributed by atoms with Crippen LogP contribution in [0.3, 0.4) is 0 Å². The summed E-state index contributed by atoms with van der Waals surface area (Å²) in [7, 11) is 1.61. The van der Waals surface area contributed by atoms with E-state index in [0.29, 0.717) is 23.8 Å². The smallest absolute Gasteiger partial charge is 0.251 e. The van der Waals surface area contributed by atoms with Crippen molar-refractivity contribution in [1.29, 1.82) is 0 Å². The first-order valence-corrected chi connectivity index (χ1v) is 9.14. The second kappa shape index (κ2) is 7.24. The second-order valence-electron chi connectivity index (χ2n) is 7.86. The first-order valence-electron chi connectivity index (χ1n) is 9.14. The maximum absolute atomic E-state index is 12.7. The molecule has 5 heteroatoms. The molecule has 0 aliphatic carbocycles. The Morgan fingerprint density at radius 2 is 2.04 bits per heavy atom. The van der Waals surface area contributed by atoms with Crippen molar-refractivity contribution in [3.63, 3.8) is 0 Å². The Morgan fingerprint density at radius 3 is 2.72 bits per heavy atom. The molecular formula is C20H29NO4. The SMILES string of the molecule is COc1cc(C(=O)NCC(C)(C)C2CCOCC2)cc2c1OC(C)C2. The zero-order valence-corrected chi connectivity index (χ0v) is 15.7. The number of nitrogens with one attached hydrogen (secondary N) is 1. The summed E-state index contributed by atoms with van der Waals surface area (Å²) in [4.78, 5) is 12.7. The summed E-state index contributed by atoms with van der Waals surface area (Å²) in [6.07, 6.45) is 3.05. The summed E-state index contributed by atoms with van der Waals surface area (Å²) < 4.78 is 16.7. The summed E-state index contributed by atoms with van der Waals surface area (Å²) in [5.41, 5.74) is 1.73. The van der Waals surface area contributed by atoms with Crippen molar-refractivity contribution in [3.05, 3.63) is 23.3 Å². The lowest BCUT2D eigenvalue weighted by Gasteiger charge is -2.37. The van der Waals surface area contributed by atoms with Crippen molar-refractivity contribution in [2.75, 3.05) is 26.9 Å². The summed E-state index contributed by atoms with van der Waals surface area (Å²) in [6.45, 7) is 8.77. The molecule has 2 aliphatic heterocycles. The monoisotopic (exact) mass is 347 g/mol. The number of methoxy groups -OCH3 is 1. The third-order valence-electron chi connectivity index (χ3n) is 5.47. The van der Waals surface area contributed by atoms with Gasteiger partial charge in [0.05, 0.1) is 7.11 Å². The van der Waals surface area contributed by atoms with Gasteiger partial charge in [-0.2, -0.15) is 0 Å². The molecule has 0 spiro atoms. The molecule has 5 nitrogen and oxygen atoms in total. The highest BCUT2D eigenvalue weighted by molar-refractivity contribution is 5.95. The lowest BCUT2D eigenvalue weighted by Crippen LogP contribution is -2.40. The van der Waals surface area contributed by atoms with Crippen LogP contribution < -0.4 is 14.8 Å². The molecule has 1 unspecified atom stereocenters. The fourth-order valence-corrected chi connectivity index (χ4v) is 3.81. The van der Waals surface area contributed by atoms with Gasteiger partial charge in [0.1, 0.15) is 6.10 Å². The third-order valence-corrected chi connectivity index (χ3v) is 5.47. The van der Waals surface area contributed by atoms with Crippen LogP contribution in [0.2, 0.25) is 0 Å². The quantitative estimate of drug-likeness (QED) is 0.889. The third kappa shape index (κ3) is 3.92. The van der Waals surface area contributed by atoms with Crippen molar-refractivity contribution in [2.45, 2.75) is 46.1 Å². The van der Waals surface area contributed by atoms with Crippen LogP contribution in [0.25, 0.3) is 0 Å². The van der Waals surface area contributed by atoms with Gasteiger partial charge in [0.15, 0.2) is 11.5 Å². The molecule has 1 N–H and O–H groups in total. The minimum absolute atomic E-state index is 0.0535. The molecule has 1 atom stereocenters. The van der Waals surface area contributed by atoms with Gasteiger partial charge in [-0.1, -0.05) is 13.8 Å². The topological polar surface area (TPSA) is 56.8 Å². The van der Waals surface area contributed by atoms with Crippen LogP contribution in [-0.4, -0.2) is 38.9 Å². The number of ether oxygens (including phenoxy) is 3. The number of amides is 1. The van der Waals surface area contributed by atoms with E-state index in [2.05, 4.69) is 19.2 Å². The first-order chi connectivity index (χ1) is 11.9. The Hall–Kier alpha value is -1.75. The largest absolute Gasteiger partial charge is 0.493 e. The molecule has 0 bridgehead atoms. The standard InChI is InChI=1S/C20H29NO4/c1-13-9-14-10-15(11-17(23-4)18(14)25-13)19(22)21-12-20(2,3)16-5-7-24-8-6-16/h10-11,13,16H,5-9,12H2,1-4H3,(H,21,22). The molecule has 3 rings (SSSR count). The number of benzene rings is 1. The molecule has 1 aromatic carbocycles. The van der Waals surface area contributed by atoms with Gasteiger partial charge in [-0.3, -0.25) is 4.79 Å². The summed E-state index contributed by atoms with van der Waals surface area (Å²) in [5.74, 6) is 1.93. The van der Waals surface area contributed by atoms with Crippen LogP contribution in [0.1, 0.15) is 49.5 Å². The van der Waals surface area contributed by atoms with Crippen LogP contribution in [0, 0.1) is 11.3 Å². The van der Waals surface area contributed by atoms with E-state index < -0.39 is 0 Å². The average molecular weight is 347 g/mol. The van der Waals surface area contributed by atoms with Gasteiger partial charge in [0.25, 0.3) is 5.91 Å². The highest BCUT2D eigenvalue weighted by atomic mass is 16.5. The van der Waals surface area contributed by atoms with Crippen LogP contribution in [-0.2, 0) is 11.2 Å². The maximum Gasteiger partial charge on any atom is 0.251 e. The van der Waals surface area contributed by atoms with Crippen LogP contribution >= 0.6 is 0 Å². The minimum Gasteiger partial charge on any atom is -0.493 e. The summed E-state index contributed by atoms with van der Waals surface area (Å²) in [6, 6.07) is 3.70. The van der Waals surface area contributed by atoms with Gasteiger partial charge in [-0.05, 0) is 43.2 Å². The predicted octanol–water partition coefficient (Wildman–Crippen LogP) is 3.20. The van der Waals surface area contributed by atoms with E-state index in [-0.39, 0.29) is 17.4 Å². The Morgan fingerprint density at radius 1 is 1.32 bits per heavy atom. The maximum atomic E-state index is 12.7. The Labute approximate surface area is 150 Å². The second-order valence-corrected chi connectivity index (χ2v) is 7.86. The summed E-state index contributed by atoms with van der Waals surface area (Å²) in [5, 5.41) is 3.11. The average Bonchev–Trinajstić information content (AvgIpc) is 2.99. The molecule has 2 aliphatic rings. The van der Waals surface area contributed by atoms with Crippen LogP contribution in [0.4, 0.5) is 0 Å². The van der Waals surface area contributed by atoms with E-state index >= 15 is 0 Å². The normalized spacial score (nSPS) is 20.7. The number of hydrogen-bond acceptors (Lipinski definition) is 4. The molecule has 25 heavy (non-hydrogen) atoms. The molecular weight excluding hydrogens is 318 g/mol. The Kier molecular flexibility index (Phi) is 5.23. The van der Waals surface area contributed by atoms with Crippen molar-refractivity contribution in [1.82, 2.24) is 5.32 Å². The van der Waals surface area contributed by atoms with Crippen LogP contribution in [0.5, 0.6) is 11.5 Å². The molecule has 1 saturated heterocycles. The van der Waals surface area contributed by atoms with Gasteiger partial charge in [0.2, 0.25) is 0 Å². The predicted molar refractivity (Wildman–Crippen MR) is 96.4 cm³/mol. The van der Waals surface area contributed by atoms with Gasteiger partial charge in [-0.25, -0.2) is 0 Å². The van der Waals surface area contributed by atoms with Gasteiger partial charge >= 0.3 is 0 Å². The van der Waals surface area contributed by atoms with Crippen molar-refractivity contribution in [3.8, 4) is 11.5 Å². The Bertz CT molecular complexity index is 635. The van der Waals surface area contributed by atoms with E-state index in [4.69, 9.17) is 14.2 Å². The molecule has 1 fully saturated rings. The van der Waals surface area contributed by atoms with Gasteiger partial charge in [-0.15, -0.1) is 0 Å². The van der Waals surface area contributed by atoms with Crippen LogP contribution in [0.15, 0.2) is 12.1 Å². The molecule has 1 amide bonds. The molecule has 0 radical (unpaired) electrons. The van der Waals surface area contributed by atoms with E-state index in [1.165, 1.54) is 0 Å². The number of rotatable bonds is 5. The fourth-order valence-electron chi connectivity index (χ4n) is 3.81. The molecule has 1 aromatic rings. The zero-order valence-electron chi connectivity index (χ0n) is 15.7. The lowest BCUT2D eigenvalue weighted by molar-refractivity contribution is 0.0228. The summed E-state index contributed by atoms with van der Waals surface area (Å²) >= 11 is 0. The highest BCUT2D eigenvalue weighted by Gasteiger charge is 2.32. The van der Waals surface area contributed by atoms with Crippen molar-refractivity contribution in [2.24, 2.45) is 11.3 Å². The Balaban J connectivity index is 1.68. The number of carbonyl (C=O) groups is 1. The number of hydrogen-bond donors (Lipinski definition) is 1. The van der Waals surface area contributed by atoms with E-state index in [9.17, 15) is 4.79 Å². The van der Waals surface area contributed by atoms with E-state index in [1.54, 1.807) is 13.2 Å². The van der Waals surface area contributed by atoms with E-state index in [1.807, 2.05) is 13.0 Å². The van der Waals surface area contributed by atoms with Gasteiger partial charge < -0.3 is 19.5 Å². The van der Waals surface area contributed by atoms with Crippen molar-refractivity contribution < 1.29 is 19.0 Å². The molecule has 0 saturated carbocycles.